The molecule has 0 saturated heterocycles. The van der Waals surface area contributed by atoms with Gasteiger partial charge in [-0.2, -0.15) is 4.39 Å². The summed E-state index contributed by atoms with van der Waals surface area (Å²) in [5.41, 5.74) is 5.19. The molecule has 1 aliphatic carbocycles. The van der Waals surface area contributed by atoms with E-state index < -0.39 is 12.0 Å². The molecule has 1 aromatic heterocycles. The van der Waals surface area contributed by atoms with Crippen LogP contribution in [0.3, 0.4) is 0 Å². The zero-order valence-electron chi connectivity index (χ0n) is 15.0. The normalized spacial score (nSPS) is 11.8. The number of rotatable bonds is 3. The highest BCUT2D eigenvalue weighted by atomic mass is 19.1. The number of halogens is 1. The molecule has 1 N–H and O–H groups in total. The number of hydrogen-bond acceptors (Lipinski definition) is 3. The van der Waals surface area contributed by atoms with Gasteiger partial charge < -0.3 is 10.1 Å². The smallest absolute Gasteiger partial charge is 0.407 e. The van der Waals surface area contributed by atoms with Crippen LogP contribution in [0.15, 0.2) is 66.9 Å². The molecule has 4 rings (SSSR count). The predicted octanol–water partition coefficient (Wildman–Crippen LogP) is 4.11. The van der Waals surface area contributed by atoms with Crippen LogP contribution in [0.2, 0.25) is 0 Å². The Bertz CT molecular complexity index is 1040. The number of nitrogens with zero attached hydrogens (tertiary/aromatic N) is 1. The first-order valence-electron chi connectivity index (χ1n) is 8.91. The number of aromatic nitrogens is 1. The van der Waals surface area contributed by atoms with Gasteiger partial charge in [0.05, 0.1) is 6.54 Å². The molecule has 0 unspecified atom stereocenters. The summed E-state index contributed by atoms with van der Waals surface area (Å²) in [5, 5.41) is 2.60. The molecule has 28 heavy (non-hydrogen) atoms. The van der Waals surface area contributed by atoms with E-state index in [1.165, 1.54) is 23.4 Å². The molecule has 2 aromatic carbocycles. The SMILES string of the molecule is O=C(NCC#Cc1ccnc(F)c1)OCC1c2ccccc2-c2ccccc21. The summed E-state index contributed by atoms with van der Waals surface area (Å²) in [4.78, 5) is 15.5. The maximum Gasteiger partial charge on any atom is 0.407 e. The van der Waals surface area contributed by atoms with Gasteiger partial charge in [0.15, 0.2) is 0 Å². The van der Waals surface area contributed by atoms with Crippen LogP contribution in [-0.2, 0) is 4.74 Å². The van der Waals surface area contributed by atoms with Crippen molar-refractivity contribution in [2.75, 3.05) is 13.2 Å². The second kappa shape index (κ2) is 7.93. The second-order valence-electron chi connectivity index (χ2n) is 6.35. The fourth-order valence-electron chi connectivity index (χ4n) is 3.39. The largest absolute Gasteiger partial charge is 0.449 e. The zero-order chi connectivity index (χ0) is 19.3. The van der Waals surface area contributed by atoms with Crippen LogP contribution >= 0.6 is 0 Å². The third-order valence-electron chi connectivity index (χ3n) is 4.62. The van der Waals surface area contributed by atoms with Crippen LogP contribution in [0.5, 0.6) is 0 Å². The summed E-state index contributed by atoms with van der Waals surface area (Å²) < 4.78 is 18.4. The maximum absolute atomic E-state index is 13.0. The Morgan fingerprint density at radius 3 is 2.43 bits per heavy atom. The molecule has 1 aliphatic rings. The number of nitrogens with one attached hydrogen (secondary N) is 1. The van der Waals surface area contributed by atoms with E-state index >= 15 is 0 Å². The number of carbonyl (C=O) groups is 1. The van der Waals surface area contributed by atoms with E-state index in [9.17, 15) is 9.18 Å². The van der Waals surface area contributed by atoms with Crippen molar-refractivity contribution >= 4 is 6.09 Å². The van der Waals surface area contributed by atoms with Crippen molar-refractivity contribution in [2.24, 2.45) is 0 Å². The molecule has 0 spiro atoms. The summed E-state index contributed by atoms with van der Waals surface area (Å²) in [5.74, 6) is 4.96. The summed E-state index contributed by atoms with van der Waals surface area (Å²) in [6.07, 6.45) is 0.815. The number of carbonyl (C=O) groups excluding carboxylic acids is 1. The van der Waals surface area contributed by atoms with E-state index in [-0.39, 0.29) is 19.1 Å². The summed E-state index contributed by atoms with van der Waals surface area (Å²) in [6, 6.07) is 19.2. The molecule has 0 bridgehead atoms. The van der Waals surface area contributed by atoms with Gasteiger partial charge in [0.2, 0.25) is 5.95 Å². The minimum Gasteiger partial charge on any atom is -0.449 e. The standard InChI is InChI=1S/C23H17FN2O2/c24-22-14-16(11-13-25-22)6-5-12-26-23(27)28-15-21-19-9-3-1-7-17(19)18-8-2-4-10-20(18)21/h1-4,7-11,13-14,21H,12,15H2,(H,26,27). The summed E-state index contributed by atoms with van der Waals surface area (Å²) >= 11 is 0. The second-order valence-corrected chi connectivity index (χ2v) is 6.35. The summed E-state index contributed by atoms with van der Waals surface area (Å²) in [7, 11) is 0. The van der Waals surface area contributed by atoms with E-state index in [0.29, 0.717) is 5.56 Å². The van der Waals surface area contributed by atoms with Crippen molar-refractivity contribution < 1.29 is 13.9 Å². The number of pyridine rings is 1. The third kappa shape index (κ3) is 3.72. The molecule has 4 nitrogen and oxygen atoms in total. The topological polar surface area (TPSA) is 51.2 Å². The van der Waals surface area contributed by atoms with Crippen LogP contribution in [0.25, 0.3) is 11.1 Å². The number of benzene rings is 2. The first-order valence-corrected chi connectivity index (χ1v) is 8.91. The van der Waals surface area contributed by atoms with Crippen molar-refractivity contribution in [3.8, 4) is 23.0 Å². The fraction of sp³-hybridized carbons (Fsp3) is 0.130. The van der Waals surface area contributed by atoms with Gasteiger partial charge in [-0.3, -0.25) is 0 Å². The molecule has 138 valence electrons. The van der Waals surface area contributed by atoms with Crippen LogP contribution in [0.4, 0.5) is 9.18 Å². The number of fused-ring (bicyclic) bond motifs is 3. The number of alkyl carbamates (subject to hydrolysis) is 1. The lowest BCUT2D eigenvalue weighted by atomic mass is 9.98. The molecular weight excluding hydrogens is 355 g/mol. The van der Waals surface area contributed by atoms with Crippen molar-refractivity contribution in [1.29, 1.82) is 0 Å². The monoisotopic (exact) mass is 372 g/mol. The predicted molar refractivity (Wildman–Crippen MR) is 104 cm³/mol. The lowest BCUT2D eigenvalue weighted by molar-refractivity contribution is 0.144. The van der Waals surface area contributed by atoms with Crippen LogP contribution < -0.4 is 5.32 Å². The Morgan fingerprint density at radius 1 is 1.07 bits per heavy atom. The van der Waals surface area contributed by atoms with Gasteiger partial charge in [-0.15, -0.1) is 0 Å². The minimum absolute atomic E-state index is 0.0176. The van der Waals surface area contributed by atoms with Gasteiger partial charge in [0, 0.05) is 23.7 Å². The zero-order valence-corrected chi connectivity index (χ0v) is 15.0. The summed E-state index contributed by atoms with van der Waals surface area (Å²) in [6.45, 7) is 0.365. The molecule has 0 fully saturated rings. The Balaban J connectivity index is 1.35. The molecular formula is C23H17FN2O2. The number of hydrogen-bond donors (Lipinski definition) is 1. The highest BCUT2D eigenvalue weighted by Gasteiger charge is 2.28. The van der Waals surface area contributed by atoms with Gasteiger partial charge in [-0.1, -0.05) is 60.4 Å². The van der Waals surface area contributed by atoms with Gasteiger partial charge in [-0.05, 0) is 28.3 Å². The van der Waals surface area contributed by atoms with Crippen molar-refractivity contribution in [2.45, 2.75) is 5.92 Å². The molecule has 5 heteroatoms. The first-order chi connectivity index (χ1) is 13.7. The average Bonchev–Trinajstić information content (AvgIpc) is 3.04. The molecule has 1 amide bonds. The van der Waals surface area contributed by atoms with Gasteiger partial charge in [-0.25, -0.2) is 9.78 Å². The number of amides is 1. The van der Waals surface area contributed by atoms with E-state index in [4.69, 9.17) is 4.74 Å². The van der Waals surface area contributed by atoms with E-state index in [2.05, 4.69) is 46.4 Å². The molecule has 0 saturated carbocycles. The lowest BCUT2D eigenvalue weighted by Crippen LogP contribution is -2.26. The third-order valence-corrected chi connectivity index (χ3v) is 4.62. The van der Waals surface area contributed by atoms with Gasteiger partial charge in [0.1, 0.15) is 6.61 Å². The van der Waals surface area contributed by atoms with E-state index in [1.807, 2.05) is 24.3 Å². The highest BCUT2D eigenvalue weighted by molar-refractivity contribution is 5.79. The number of ether oxygens (including phenoxy) is 1. The van der Waals surface area contributed by atoms with E-state index in [1.54, 1.807) is 6.07 Å². The average molecular weight is 372 g/mol. The molecule has 0 aliphatic heterocycles. The fourth-order valence-corrected chi connectivity index (χ4v) is 3.39. The van der Waals surface area contributed by atoms with Gasteiger partial charge in [0.25, 0.3) is 0 Å². The van der Waals surface area contributed by atoms with E-state index in [0.717, 1.165) is 11.1 Å². The van der Waals surface area contributed by atoms with Crippen molar-refractivity contribution in [3.63, 3.8) is 0 Å². The Morgan fingerprint density at radius 2 is 1.75 bits per heavy atom. The maximum atomic E-state index is 13.0. The Labute approximate surface area is 162 Å². The quantitative estimate of drug-likeness (QED) is 0.556. The van der Waals surface area contributed by atoms with Crippen LogP contribution in [0.1, 0.15) is 22.6 Å². The van der Waals surface area contributed by atoms with Crippen molar-refractivity contribution in [3.05, 3.63) is 89.5 Å². The van der Waals surface area contributed by atoms with Crippen LogP contribution in [0, 0.1) is 17.8 Å². The minimum atomic E-state index is -0.587. The van der Waals surface area contributed by atoms with Gasteiger partial charge >= 0.3 is 6.09 Å². The van der Waals surface area contributed by atoms with Crippen LogP contribution in [-0.4, -0.2) is 24.2 Å². The Hall–Kier alpha value is -3.65. The Kier molecular flexibility index (Phi) is 5.03. The molecule has 0 atom stereocenters. The highest BCUT2D eigenvalue weighted by Crippen LogP contribution is 2.44. The lowest BCUT2D eigenvalue weighted by Gasteiger charge is -2.14. The molecule has 1 heterocycles. The molecule has 3 aromatic rings. The molecule has 0 radical (unpaired) electrons. The van der Waals surface area contributed by atoms with Crippen molar-refractivity contribution in [1.82, 2.24) is 10.3 Å². The first kappa shape index (κ1) is 17.7.